The number of halogens is 4. The predicted molar refractivity (Wildman–Crippen MR) is 304 cm³/mol. The third-order valence-corrected chi connectivity index (χ3v) is 20.5. The predicted octanol–water partition coefficient (Wildman–Crippen LogP) is 11.7. The molecule has 0 aliphatic carbocycles. The van der Waals surface area contributed by atoms with Crippen molar-refractivity contribution in [3.8, 4) is 22.4 Å². The first kappa shape index (κ1) is 56.0. The zero-order valence-electron chi connectivity index (χ0n) is 43.1. The zero-order valence-corrected chi connectivity index (χ0v) is 47.2. The Kier molecular flexibility index (Phi) is 17.4. The standard InChI is InChI=1S/C56H65ClF3N6O6PS3/c1-39(2)66-40(3)55(75(4,68)69)53(54(66)41-14-16-43(57)17-15-41)42-10-8-11-47(36-42)64-33-31-63(32-34-64)45-18-20-46(21-19-45)65-27-9-35-72-73(65)49-22-23-51(52(37-49)76(70,71)56(58,59)60)61-44(38-74-50-12-6-5-7-13-50)24-28-62-29-25-48(67)26-30-62/h5-8,10-23,36-37,39,44,48,61,67H,9,24-35,38H2,1-4H3/t44-,73+/m1/s1. The van der Waals surface area contributed by atoms with Crippen LogP contribution >= 0.6 is 31.7 Å². The zero-order chi connectivity index (χ0) is 53.9. The van der Waals surface area contributed by atoms with Crippen LogP contribution in [0.4, 0.5) is 35.9 Å². The summed E-state index contributed by atoms with van der Waals surface area (Å²) in [6.45, 7) is 11.8. The number of nitrogens with one attached hydrogen (secondary N) is 1. The second-order valence-corrected chi connectivity index (χ2v) is 27.2. The van der Waals surface area contributed by atoms with E-state index in [9.17, 15) is 35.1 Å². The summed E-state index contributed by atoms with van der Waals surface area (Å²) in [7, 11) is -11.2. The molecule has 5 aromatic carbocycles. The van der Waals surface area contributed by atoms with Gasteiger partial charge in [0.2, 0.25) is 0 Å². The van der Waals surface area contributed by atoms with Gasteiger partial charge in [-0.15, -0.1) is 11.8 Å². The smallest absolute Gasteiger partial charge is 0.393 e. The van der Waals surface area contributed by atoms with Crippen LogP contribution in [0.5, 0.6) is 0 Å². The summed E-state index contributed by atoms with van der Waals surface area (Å²) in [6, 6.07) is 37.2. The Morgan fingerprint density at radius 3 is 2.09 bits per heavy atom. The van der Waals surface area contributed by atoms with Crippen molar-refractivity contribution in [1.29, 1.82) is 0 Å². The van der Waals surface area contributed by atoms with Crippen LogP contribution in [0, 0.1) is 6.92 Å². The van der Waals surface area contributed by atoms with E-state index in [0.29, 0.717) is 117 Å². The van der Waals surface area contributed by atoms with Gasteiger partial charge in [0.15, 0.2) is 18.1 Å². The Labute approximate surface area is 455 Å². The lowest BCUT2D eigenvalue weighted by atomic mass is 10.00. The van der Waals surface area contributed by atoms with Crippen molar-refractivity contribution in [3.05, 3.63) is 132 Å². The quantitative estimate of drug-likeness (QED) is 0.0667. The number of anilines is 4. The van der Waals surface area contributed by atoms with Crippen LogP contribution < -0.4 is 25.1 Å². The molecule has 9 rings (SSSR count). The van der Waals surface area contributed by atoms with Gasteiger partial charge in [-0.3, -0.25) is 0 Å². The van der Waals surface area contributed by atoms with Gasteiger partial charge in [0.05, 0.1) is 33.9 Å². The monoisotopic (exact) mass is 1140 g/mol. The van der Waals surface area contributed by atoms with Gasteiger partial charge in [-0.05, 0) is 136 Å². The topological polar surface area (TPSA) is 128 Å². The fourth-order valence-corrected chi connectivity index (χ4v) is 15.9. The van der Waals surface area contributed by atoms with Crippen LogP contribution in [-0.2, 0) is 24.2 Å². The second kappa shape index (κ2) is 23.7. The number of hydrogen-bond acceptors (Lipinski definition) is 12. The molecule has 0 unspecified atom stereocenters. The summed E-state index contributed by atoms with van der Waals surface area (Å²) >= 11 is 7.85. The normalized spacial score (nSPS) is 17.9. The summed E-state index contributed by atoms with van der Waals surface area (Å²) in [5.74, 6) is 0.480. The number of rotatable bonds is 17. The average Bonchev–Trinajstić information content (AvgIpc) is 3.77. The van der Waals surface area contributed by atoms with E-state index in [1.807, 2.05) is 103 Å². The molecule has 2 N–H and O–H groups in total. The molecule has 1 aromatic heterocycles. The van der Waals surface area contributed by atoms with E-state index in [2.05, 4.69) is 50.6 Å². The first-order chi connectivity index (χ1) is 36.3. The maximum atomic E-state index is 14.6. The van der Waals surface area contributed by atoms with Crippen molar-refractivity contribution in [2.45, 2.75) is 84.8 Å². The Balaban J connectivity index is 0.923. The average molecular weight is 1140 g/mol. The molecule has 4 heterocycles. The van der Waals surface area contributed by atoms with Crippen molar-refractivity contribution >= 4 is 79.4 Å². The van der Waals surface area contributed by atoms with Gasteiger partial charge >= 0.3 is 5.51 Å². The third-order valence-electron chi connectivity index (χ3n) is 14.3. The maximum Gasteiger partial charge on any atom is 0.501 e. The molecule has 406 valence electrons. The number of alkyl halides is 3. The number of aromatic nitrogens is 1. The summed E-state index contributed by atoms with van der Waals surface area (Å²) in [5.41, 5.74) is 0.994. The molecule has 0 radical (unpaired) electrons. The van der Waals surface area contributed by atoms with E-state index >= 15 is 0 Å². The minimum absolute atomic E-state index is 0.0192. The summed E-state index contributed by atoms with van der Waals surface area (Å²) in [6.07, 6.45) is 3.44. The van der Waals surface area contributed by atoms with Crippen molar-refractivity contribution in [2.24, 2.45) is 0 Å². The van der Waals surface area contributed by atoms with Crippen LogP contribution in [0.3, 0.4) is 0 Å². The number of aliphatic hydroxyl groups is 1. The number of piperidine rings is 1. The van der Waals surface area contributed by atoms with Gasteiger partial charge < -0.3 is 38.9 Å². The van der Waals surface area contributed by atoms with Gasteiger partial charge in [0.1, 0.15) is 0 Å². The van der Waals surface area contributed by atoms with E-state index in [-0.39, 0.29) is 23.9 Å². The minimum Gasteiger partial charge on any atom is -0.393 e. The number of aliphatic hydroxyl groups excluding tert-OH is 1. The molecule has 3 saturated heterocycles. The molecular formula is C56H65ClF3N6O6PS3. The fourth-order valence-electron chi connectivity index (χ4n) is 10.5. The lowest BCUT2D eigenvalue weighted by molar-refractivity contribution is -0.0435. The SMILES string of the molecule is Cc1c(S(C)(=O)=O)c(-c2cccc(N3CCN(c4ccc(N5CCCO[P@@]5c5ccc(N[C@H](CCN6CCC(O)CC6)CSc6ccccc6)c(S(=O)(=O)C(F)(F)F)c5)cc4)CC3)c2)c(-c2ccc(Cl)cc2)n1C(C)C. The molecule has 20 heteroatoms. The van der Waals surface area contributed by atoms with Gasteiger partial charge in [0.25, 0.3) is 9.84 Å². The van der Waals surface area contributed by atoms with E-state index in [4.69, 9.17) is 16.1 Å². The van der Waals surface area contributed by atoms with Gasteiger partial charge in [-0.2, -0.15) is 13.2 Å². The molecule has 0 saturated carbocycles. The molecule has 0 bridgehead atoms. The first-order valence-electron chi connectivity index (χ1n) is 25.7. The largest absolute Gasteiger partial charge is 0.501 e. The number of thioether (sulfide) groups is 1. The van der Waals surface area contributed by atoms with Gasteiger partial charge in [0, 0.05) is 120 Å². The van der Waals surface area contributed by atoms with Crippen LogP contribution in [-0.4, -0.2) is 120 Å². The summed E-state index contributed by atoms with van der Waals surface area (Å²) in [5, 5.41) is 14.2. The number of hydrogen-bond donors (Lipinski definition) is 2. The number of benzene rings is 5. The van der Waals surface area contributed by atoms with Gasteiger partial charge in [-0.25, -0.2) is 16.8 Å². The Bertz CT molecular complexity index is 3190. The minimum atomic E-state index is -5.79. The number of sulfone groups is 2. The number of nitrogens with zero attached hydrogens (tertiary/aromatic N) is 5. The summed E-state index contributed by atoms with van der Waals surface area (Å²) in [4.78, 5) is 7.31. The molecule has 76 heavy (non-hydrogen) atoms. The number of piperazine rings is 1. The highest BCUT2D eigenvalue weighted by Crippen LogP contribution is 2.49. The molecule has 6 aromatic rings. The van der Waals surface area contributed by atoms with Crippen LogP contribution in [0.25, 0.3) is 22.4 Å². The molecule has 3 aliphatic rings. The number of likely N-dealkylation sites (tertiary alicyclic amines) is 1. The molecule has 3 aliphatic heterocycles. The second-order valence-electron chi connectivity index (χ2n) is 20.0. The van der Waals surface area contributed by atoms with Crippen LogP contribution in [0.15, 0.2) is 136 Å². The Hall–Kier alpha value is -4.78. The molecule has 0 spiro atoms. The molecule has 12 nitrogen and oxygen atoms in total. The summed E-state index contributed by atoms with van der Waals surface area (Å²) < 4.78 is 108. The molecule has 0 amide bonds. The van der Waals surface area contributed by atoms with Crippen molar-refractivity contribution in [2.75, 3.05) is 90.8 Å². The van der Waals surface area contributed by atoms with Crippen LogP contribution in [0.2, 0.25) is 5.02 Å². The highest BCUT2D eigenvalue weighted by molar-refractivity contribution is 7.99. The van der Waals surface area contributed by atoms with E-state index < -0.39 is 38.4 Å². The van der Waals surface area contributed by atoms with Crippen molar-refractivity contribution in [3.63, 3.8) is 0 Å². The lowest BCUT2D eigenvalue weighted by Gasteiger charge is -2.39. The Morgan fingerprint density at radius 2 is 1.45 bits per heavy atom. The fraction of sp³-hybridized carbons (Fsp3) is 0.393. The molecular weight excluding hydrogens is 1070 g/mol. The highest BCUT2D eigenvalue weighted by atomic mass is 35.5. The van der Waals surface area contributed by atoms with Crippen LogP contribution in [0.1, 0.15) is 51.3 Å². The maximum absolute atomic E-state index is 14.6. The molecule has 2 atom stereocenters. The first-order valence-corrected chi connectivity index (χ1v) is 31.6. The van der Waals surface area contributed by atoms with E-state index in [1.54, 1.807) is 17.8 Å². The Morgan fingerprint density at radius 1 is 0.789 bits per heavy atom. The van der Waals surface area contributed by atoms with E-state index in [0.717, 1.165) is 44.8 Å². The third kappa shape index (κ3) is 12.5. The molecule has 3 fully saturated rings. The van der Waals surface area contributed by atoms with Crippen molar-refractivity contribution < 1.29 is 39.6 Å². The highest BCUT2D eigenvalue weighted by Gasteiger charge is 2.48. The van der Waals surface area contributed by atoms with Gasteiger partial charge in [-0.1, -0.05) is 54.1 Å². The lowest BCUT2D eigenvalue weighted by Crippen LogP contribution is -2.46. The van der Waals surface area contributed by atoms with Crippen molar-refractivity contribution in [1.82, 2.24) is 9.47 Å². The van der Waals surface area contributed by atoms with E-state index in [1.165, 1.54) is 12.3 Å².